The first-order chi connectivity index (χ1) is 9.65. The van der Waals surface area contributed by atoms with Crippen molar-refractivity contribution in [3.05, 3.63) is 40.9 Å². The summed E-state index contributed by atoms with van der Waals surface area (Å²) in [5, 5.41) is 3.27. The fourth-order valence-corrected chi connectivity index (χ4v) is 2.37. The quantitative estimate of drug-likeness (QED) is 0.804. The van der Waals surface area contributed by atoms with Gasteiger partial charge in [0.25, 0.3) is 0 Å². The topological polar surface area (TPSA) is 56.5 Å². The molecule has 2 aromatic rings. The van der Waals surface area contributed by atoms with Gasteiger partial charge >= 0.3 is 0 Å². The minimum atomic E-state index is 0.585. The van der Waals surface area contributed by atoms with Crippen LogP contribution in [0.2, 0.25) is 0 Å². The lowest BCUT2D eigenvalue weighted by Gasteiger charge is -2.14. The standard InChI is InChI=1S/C15H17BrN2O2/c1-3-20-14-6-4-5-12(15(14)17)18-10-7-8-13(19-2)11(16)9-10/h4-9,18H,3,17H2,1-2H3. The van der Waals surface area contributed by atoms with Crippen molar-refractivity contribution in [2.24, 2.45) is 0 Å². The number of anilines is 3. The Bertz CT molecular complexity index is 602. The normalized spacial score (nSPS) is 10.2. The zero-order chi connectivity index (χ0) is 14.5. The predicted octanol–water partition coefficient (Wildman–Crippen LogP) is 4.18. The first kappa shape index (κ1) is 14.5. The largest absolute Gasteiger partial charge is 0.496 e. The molecule has 0 saturated heterocycles. The molecule has 0 aliphatic heterocycles. The van der Waals surface area contributed by atoms with E-state index in [9.17, 15) is 0 Å². The Balaban J connectivity index is 2.26. The average Bonchev–Trinajstić information content (AvgIpc) is 2.44. The van der Waals surface area contributed by atoms with Gasteiger partial charge in [-0.2, -0.15) is 0 Å². The number of nitrogens with one attached hydrogen (secondary N) is 1. The molecule has 0 fully saturated rings. The highest BCUT2D eigenvalue weighted by Crippen LogP contribution is 2.34. The Kier molecular flexibility index (Phi) is 4.74. The average molecular weight is 337 g/mol. The molecule has 0 unspecified atom stereocenters. The van der Waals surface area contributed by atoms with Gasteiger partial charge < -0.3 is 20.5 Å². The van der Waals surface area contributed by atoms with Gasteiger partial charge in [0.05, 0.1) is 29.6 Å². The van der Waals surface area contributed by atoms with Gasteiger partial charge in [-0.1, -0.05) is 6.07 Å². The monoisotopic (exact) mass is 336 g/mol. The van der Waals surface area contributed by atoms with Gasteiger partial charge in [0.15, 0.2) is 0 Å². The Labute approximate surface area is 127 Å². The summed E-state index contributed by atoms with van der Waals surface area (Å²) in [6, 6.07) is 11.4. The van der Waals surface area contributed by atoms with E-state index in [2.05, 4.69) is 21.2 Å². The third-order valence-corrected chi connectivity index (χ3v) is 3.42. The minimum absolute atomic E-state index is 0.585. The second kappa shape index (κ2) is 6.52. The van der Waals surface area contributed by atoms with Crippen LogP contribution in [-0.2, 0) is 0 Å². The number of ether oxygens (including phenoxy) is 2. The molecule has 0 aromatic heterocycles. The van der Waals surface area contributed by atoms with Gasteiger partial charge in [-0.15, -0.1) is 0 Å². The van der Waals surface area contributed by atoms with E-state index in [0.717, 1.165) is 21.6 Å². The summed E-state index contributed by atoms with van der Waals surface area (Å²) in [5.74, 6) is 1.47. The smallest absolute Gasteiger partial charge is 0.144 e. The second-order valence-corrected chi connectivity index (χ2v) is 4.98. The lowest BCUT2D eigenvalue weighted by molar-refractivity contribution is 0.342. The summed E-state index contributed by atoms with van der Waals surface area (Å²) in [5.41, 5.74) is 8.41. The van der Waals surface area contributed by atoms with Crippen LogP contribution in [0.1, 0.15) is 6.92 Å². The van der Waals surface area contributed by atoms with Crippen molar-refractivity contribution < 1.29 is 9.47 Å². The van der Waals surface area contributed by atoms with Gasteiger partial charge in [0.1, 0.15) is 11.5 Å². The summed E-state index contributed by atoms with van der Waals surface area (Å²) in [6.07, 6.45) is 0. The van der Waals surface area contributed by atoms with E-state index >= 15 is 0 Å². The first-order valence-electron chi connectivity index (χ1n) is 6.27. The van der Waals surface area contributed by atoms with E-state index < -0.39 is 0 Å². The molecule has 0 atom stereocenters. The highest BCUT2D eigenvalue weighted by Gasteiger charge is 2.07. The molecule has 20 heavy (non-hydrogen) atoms. The van der Waals surface area contributed by atoms with Crippen LogP contribution in [0, 0.1) is 0 Å². The Hall–Kier alpha value is -1.88. The molecule has 0 amide bonds. The van der Waals surface area contributed by atoms with Crippen molar-refractivity contribution in [1.29, 1.82) is 0 Å². The third-order valence-electron chi connectivity index (χ3n) is 2.80. The third kappa shape index (κ3) is 3.17. The predicted molar refractivity (Wildman–Crippen MR) is 86.0 cm³/mol. The van der Waals surface area contributed by atoms with Crippen LogP contribution in [0.15, 0.2) is 40.9 Å². The molecular formula is C15H17BrN2O2. The van der Waals surface area contributed by atoms with Gasteiger partial charge in [0, 0.05) is 5.69 Å². The van der Waals surface area contributed by atoms with Crippen molar-refractivity contribution >= 4 is 33.0 Å². The van der Waals surface area contributed by atoms with Crippen molar-refractivity contribution in [3.63, 3.8) is 0 Å². The molecule has 0 heterocycles. The number of nitrogen functional groups attached to an aromatic ring is 1. The van der Waals surface area contributed by atoms with Crippen molar-refractivity contribution in [1.82, 2.24) is 0 Å². The number of hydrogen-bond acceptors (Lipinski definition) is 4. The Morgan fingerprint density at radius 2 is 2.00 bits per heavy atom. The number of hydrogen-bond donors (Lipinski definition) is 2. The summed E-state index contributed by atoms with van der Waals surface area (Å²) >= 11 is 3.46. The molecule has 106 valence electrons. The van der Waals surface area contributed by atoms with Gasteiger partial charge in [0.2, 0.25) is 0 Å². The molecule has 0 spiro atoms. The van der Waals surface area contributed by atoms with Crippen molar-refractivity contribution in [3.8, 4) is 11.5 Å². The molecule has 0 radical (unpaired) electrons. The second-order valence-electron chi connectivity index (χ2n) is 4.12. The van der Waals surface area contributed by atoms with Crippen LogP contribution in [-0.4, -0.2) is 13.7 Å². The SMILES string of the molecule is CCOc1cccc(Nc2ccc(OC)c(Br)c2)c1N. The fraction of sp³-hybridized carbons (Fsp3) is 0.200. The van der Waals surface area contributed by atoms with Crippen LogP contribution in [0.25, 0.3) is 0 Å². The number of nitrogens with two attached hydrogens (primary N) is 1. The number of para-hydroxylation sites is 1. The van der Waals surface area contributed by atoms with Crippen LogP contribution in [0.5, 0.6) is 11.5 Å². The van der Waals surface area contributed by atoms with Crippen molar-refractivity contribution in [2.75, 3.05) is 24.8 Å². The van der Waals surface area contributed by atoms with E-state index in [1.807, 2.05) is 43.3 Å². The summed E-state index contributed by atoms with van der Waals surface area (Å²) in [6.45, 7) is 2.52. The van der Waals surface area contributed by atoms with Gasteiger partial charge in [-0.25, -0.2) is 0 Å². The van der Waals surface area contributed by atoms with Crippen LogP contribution in [0.4, 0.5) is 17.1 Å². The Morgan fingerprint density at radius 3 is 2.65 bits per heavy atom. The number of methoxy groups -OCH3 is 1. The highest BCUT2D eigenvalue weighted by molar-refractivity contribution is 9.10. The highest BCUT2D eigenvalue weighted by atomic mass is 79.9. The van der Waals surface area contributed by atoms with Crippen LogP contribution < -0.4 is 20.5 Å². The lowest BCUT2D eigenvalue weighted by atomic mass is 10.2. The molecule has 0 aliphatic carbocycles. The molecular weight excluding hydrogens is 320 g/mol. The van der Waals surface area contributed by atoms with Gasteiger partial charge in [-0.3, -0.25) is 0 Å². The zero-order valence-corrected chi connectivity index (χ0v) is 13.0. The molecule has 0 saturated carbocycles. The maximum atomic E-state index is 6.09. The van der Waals surface area contributed by atoms with E-state index in [1.165, 1.54) is 0 Å². The van der Waals surface area contributed by atoms with Crippen LogP contribution >= 0.6 is 15.9 Å². The summed E-state index contributed by atoms with van der Waals surface area (Å²) in [7, 11) is 1.64. The van der Waals surface area contributed by atoms with E-state index in [0.29, 0.717) is 18.0 Å². The maximum Gasteiger partial charge on any atom is 0.144 e. The Morgan fingerprint density at radius 1 is 1.20 bits per heavy atom. The minimum Gasteiger partial charge on any atom is -0.496 e. The molecule has 0 bridgehead atoms. The lowest BCUT2D eigenvalue weighted by Crippen LogP contribution is -2.01. The molecule has 3 N–H and O–H groups in total. The van der Waals surface area contributed by atoms with E-state index in [1.54, 1.807) is 7.11 Å². The molecule has 5 heteroatoms. The first-order valence-corrected chi connectivity index (χ1v) is 7.06. The summed E-state index contributed by atoms with van der Waals surface area (Å²) in [4.78, 5) is 0. The van der Waals surface area contributed by atoms with E-state index in [-0.39, 0.29) is 0 Å². The van der Waals surface area contributed by atoms with Crippen molar-refractivity contribution in [2.45, 2.75) is 6.92 Å². The zero-order valence-electron chi connectivity index (χ0n) is 11.4. The van der Waals surface area contributed by atoms with Gasteiger partial charge in [-0.05, 0) is 53.2 Å². The van der Waals surface area contributed by atoms with Crippen LogP contribution in [0.3, 0.4) is 0 Å². The fourth-order valence-electron chi connectivity index (χ4n) is 1.83. The number of benzene rings is 2. The molecule has 4 nitrogen and oxygen atoms in total. The number of halogens is 1. The molecule has 0 aliphatic rings. The summed E-state index contributed by atoms with van der Waals surface area (Å²) < 4.78 is 11.6. The molecule has 2 aromatic carbocycles. The molecule has 2 rings (SSSR count). The maximum absolute atomic E-state index is 6.09. The number of rotatable bonds is 5. The van der Waals surface area contributed by atoms with E-state index in [4.69, 9.17) is 15.2 Å².